The van der Waals surface area contributed by atoms with E-state index in [1.165, 1.54) is 28.8 Å². The smallest absolute Gasteiger partial charge is 0.322 e. The molecule has 6 nitrogen and oxygen atoms in total. The third kappa shape index (κ3) is 6.20. The number of rotatable bonds is 10. The van der Waals surface area contributed by atoms with Crippen LogP contribution in [0.2, 0.25) is 5.04 Å². The van der Waals surface area contributed by atoms with E-state index in [0.717, 1.165) is 22.9 Å². The van der Waals surface area contributed by atoms with Gasteiger partial charge in [-0.3, -0.25) is 9.59 Å². The minimum absolute atomic E-state index is 0.0454. The van der Waals surface area contributed by atoms with Crippen molar-refractivity contribution in [2.75, 3.05) is 19.0 Å². The van der Waals surface area contributed by atoms with Gasteiger partial charge >= 0.3 is 5.97 Å². The first-order chi connectivity index (χ1) is 21.0. The molecule has 0 bridgehead atoms. The number of hydrogen-bond acceptors (Lipinski definition) is 6. The van der Waals surface area contributed by atoms with E-state index in [-0.39, 0.29) is 16.9 Å². The molecule has 1 heterocycles. The van der Waals surface area contributed by atoms with E-state index in [1.54, 1.807) is 6.92 Å². The fourth-order valence-corrected chi connectivity index (χ4v) is 11.9. The third-order valence-corrected chi connectivity index (χ3v) is 15.1. The van der Waals surface area contributed by atoms with Gasteiger partial charge < -0.3 is 14.5 Å². The number of ether oxygens (including phenoxy) is 1. The van der Waals surface area contributed by atoms with Crippen LogP contribution in [-0.2, 0) is 24.2 Å². The zero-order valence-corrected chi connectivity index (χ0v) is 29.2. The number of thiazole rings is 1. The third-order valence-electron chi connectivity index (χ3n) is 8.82. The molecule has 9 heteroatoms. The number of nitrogens with zero attached hydrogens (tertiary/aromatic N) is 1. The van der Waals surface area contributed by atoms with E-state index in [4.69, 9.17) is 9.16 Å². The number of benzene rings is 3. The lowest BCUT2D eigenvalue weighted by Crippen LogP contribution is -2.67. The van der Waals surface area contributed by atoms with Gasteiger partial charge in [0, 0.05) is 22.4 Å². The summed E-state index contributed by atoms with van der Waals surface area (Å²) in [6, 6.07) is 28.8. The number of halogens is 1. The fourth-order valence-electron chi connectivity index (χ4n) is 6.22. The summed E-state index contributed by atoms with van der Waals surface area (Å²) in [6.45, 7) is 9.25. The number of aromatic nitrogens is 1. The molecule has 4 aromatic rings. The molecule has 0 radical (unpaired) electrons. The monoisotopic (exact) mass is 690 g/mol. The van der Waals surface area contributed by atoms with Crippen molar-refractivity contribution in [2.45, 2.75) is 51.0 Å². The summed E-state index contributed by atoms with van der Waals surface area (Å²) in [6.07, 6.45) is 1.53. The van der Waals surface area contributed by atoms with Crippen LogP contribution in [0.1, 0.15) is 51.8 Å². The molecule has 0 aliphatic heterocycles. The highest BCUT2D eigenvalue weighted by molar-refractivity contribution is 9.10. The van der Waals surface area contributed by atoms with E-state index >= 15 is 0 Å². The lowest BCUT2D eigenvalue weighted by Gasteiger charge is -2.45. The zero-order valence-electron chi connectivity index (χ0n) is 25.8. The molecule has 44 heavy (non-hydrogen) atoms. The molecule has 1 amide bonds. The molecule has 0 spiro atoms. The summed E-state index contributed by atoms with van der Waals surface area (Å²) in [7, 11) is -1.24. The Bertz CT molecular complexity index is 1540. The lowest BCUT2D eigenvalue weighted by atomic mass is 9.75. The maximum absolute atomic E-state index is 13.2. The Labute approximate surface area is 273 Å². The Hall–Kier alpha value is -3.11. The van der Waals surface area contributed by atoms with Crippen molar-refractivity contribution in [1.29, 1.82) is 0 Å². The number of anilines is 1. The van der Waals surface area contributed by atoms with Crippen molar-refractivity contribution in [3.8, 4) is 0 Å². The van der Waals surface area contributed by atoms with Crippen molar-refractivity contribution < 1.29 is 18.8 Å². The topological polar surface area (TPSA) is 77.5 Å². The van der Waals surface area contributed by atoms with Crippen molar-refractivity contribution in [3.05, 3.63) is 106 Å². The number of carbonyl (C=O) groups is 2. The van der Waals surface area contributed by atoms with Crippen LogP contribution in [0, 0.1) is 11.8 Å². The molecular formula is C35H39BrN2O4SSi. The van der Waals surface area contributed by atoms with Crippen LogP contribution >= 0.6 is 27.3 Å². The zero-order chi connectivity index (χ0) is 31.5. The molecule has 1 fully saturated rings. The lowest BCUT2D eigenvalue weighted by molar-refractivity contribution is -0.145. The van der Waals surface area contributed by atoms with Gasteiger partial charge in [0.2, 0.25) is 5.91 Å². The molecule has 1 saturated carbocycles. The first-order valence-electron chi connectivity index (χ1n) is 14.9. The van der Waals surface area contributed by atoms with E-state index in [1.807, 2.05) is 41.8 Å². The Balaban J connectivity index is 1.26. The van der Waals surface area contributed by atoms with E-state index < -0.39 is 19.7 Å². The number of hydrogen-bond donors (Lipinski definition) is 1. The van der Waals surface area contributed by atoms with Crippen molar-refractivity contribution >= 4 is 63.0 Å². The number of amides is 1. The molecule has 230 valence electrons. The molecule has 3 aromatic carbocycles. The predicted molar refractivity (Wildman–Crippen MR) is 183 cm³/mol. The van der Waals surface area contributed by atoms with Gasteiger partial charge in [0.15, 0.2) is 5.13 Å². The minimum atomic E-state index is -2.61. The van der Waals surface area contributed by atoms with Crippen molar-refractivity contribution in [1.82, 2.24) is 4.98 Å². The summed E-state index contributed by atoms with van der Waals surface area (Å²) in [5.74, 6) is -0.255. The van der Waals surface area contributed by atoms with Crippen LogP contribution in [0.15, 0.2) is 94.8 Å². The summed E-state index contributed by atoms with van der Waals surface area (Å²) in [4.78, 5) is 30.9. The Morgan fingerprint density at radius 2 is 1.50 bits per heavy atom. The minimum Gasteiger partial charge on any atom is -0.468 e. The highest BCUT2D eigenvalue weighted by Crippen LogP contribution is 2.41. The van der Waals surface area contributed by atoms with Crippen LogP contribution < -0.4 is 15.7 Å². The largest absolute Gasteiger partial charge is 0.468 e. The maximum atomic E-state index is 13.2. The number of methoxy groups -OCH3 is 1. The van der Waals surface area contributed by atoms with Crippen LogP contribution in [0.4, 0.5) is 5.13 Å². The second-order valence-corrected chi connectivity index (χ2v) is 18.7. The summed E-state index contributed by atoms with van der Waals surface area (Å²) < 4.78 is 13.2. The Morgan fingerprint density at radius 1 is 0.932 bits per heavy atom. The van der Waals surface area contributed by atoms with Gasteiger partial charge in [0.05, 0.1) is 12.8 Å². The average molecular weight is 692 g/mol. The predicted octanol–water partition coefficient (Wildman–Crippen LogP) is 6.93. The molecule has 1 N–H and O–H groups in total. The number of esters is 1. The van der Waals surface area contributed by atoms with Gasteiger partial charge in [-0.2, -0.15) is 0 Å². The van der Waals surface area contributed by atoms with E-state index in [0.29, 0.717) is 23.4 Å². The van der Waals surface area contributed by atoms with Gasteiger partial charge in [-0.1, -0.05) is 109 Å². The fraction of sp³-hybridized carbons (Fsp3) is 0.343. The second-order valence-electron chi connectivity index (χ2n) is 12.7. The first kappa shape index (κ1) is 32.3. The van der Waals surface area contributed by atoms with E-state index in [2.05, 4.69) is 95.5 Å². The highest BCUT2D eigenvalue weighted by Gasteiger charge is 2.51. The maximum Gasteiger partial charge on any atom is 0.322 e. The standard InChI is InChI=1S/C35H39BrN2O4SSi/c1-34(2,3)44(28-12-8-6-9-13-28,29-14-10-7-11-15-29)42-22-24-20-25(21-24)31(39)38-33-37-30(23-43-33)35(4,32(40)41-5)26-16-18-27(36)19-17-26/h6-19,23-25H,20-22H2,1-5H3,(H,37,38,39). The Morgan fingerprint density at radius 3 is 2.02 bits per heavy atom. The molecule has 1 aromatic heterocycles. The molecule has 1 atom stereocenters. The molecular weight excluding hydrogens is 652 g/mol. The van der Waals surface area contributed by atoms with Crippen LogP contribution in [0.25, 0.3) is 0 Å². The SMILES string of the molecule is COC(=O)C(C)(c1ccc(Br)cc1)c1csc(NC(=O)C2CC(CO[Si](c3ccccc3)(c3ccccc3)C(C)(C)C)C2)n1. The van der Waals surface area contributed by atoms with Gasteiger partial charge in [0.25, 0.3) is 8.32 Å². The average Bonchev–Trinajstić information content (AvgIpc) is 3.47. The van der Waals surface area contributed by atoms with Gasteiger partial charge in [-0.05, 0) is 58.8 Å². The van der Waals surface area contributed by atoms with Gasteiger partial charge in [-0.25, -0.2) is 4.98 Å². The van der Waals surface area contributed by atoms with Gasteiger partial charge in [-0.15, -0.1) is 11.3 Å². The normalized spacial score (nSPS) is 18.1. The van der Waals surface area contributed by atoms with Crippen LogP contribution in [-0.4, -0.2) is 38.9 Å². The molecule has 1 aliphatic carbocycles. The Kier molecular flexibility index (Phi) is 9.60. The van der Waals surface area contributed by atoms with Crippen LogP contribution in [0.5, 0.6) is 0 Å². The first-order valence-corrected chi connectivity index (χ1v) is 18.4. The van der Waals surface area contributed by atoms with Gasteiger partial charge in [0.1, 0.15) is 5.41 Å². The summed E-state index contributed by atoms with van der Waals surface area (Å²) in [5, 5.41) is 7.72. The summed E-state index contributed by atoms with van der Waals surface area (Å²) >= 11 is 4.77. The number of carbonyl (C=O) groups excluding carboxylic acids is 2. The van der Waals surface area contributed by atoms with E-state index in [9.17, 15) is 9.59 Å². The van der Waals surface area contributed by atoms with Crippen LogP contribution in [0.3, 0.4) is 0 Å². The quantitative estimate of drug-likeness (QED) is 0.144. The van der Waals surface area contributed by atoms with Crippen molar-refractivity contribution in [2.24, 2.45) is 11.8 Å². The summed E-state index contributed by atoms with van der Waals surface area (Å²) in [5.41, 5.74) is 0.199. The molecule has 5 rings (SSSR count). The van der Waals surface area contributed by atoms with Crippen molar-refractivity contribution in [3.63, 3.8) is 0 Å². The number of nitrogens with one attached hydrogen (secondary N) is 1. The second kappa shape index (κ2) is 13.1. The highest BCUT2D eigenvalue weighted by atomic mass is 79.9. The molecule has 0 saturated heterocycles. The molecule has 1 unspecified atom stereocenters. The molecule has 1 aliphatic rings.